The summed E-state index contributed by atoms with van der Waals surface area (Å²) in [5.41, 5.74) is 1.71. The molecule has 6 heteroatoms. The first-order valence-corrected chi connectivity index (χ1v) is 7.00. The SMILES string of the molecule is Oc1ccc2c(c1)OC[C@H]1c3cc4c(c(O)c3O[C@H]21)OCO4. The summed E-state index contributed by atoms with van der Waals surface area (Å²) in [6.45, 7) is 0.506. The van der Waals surface area contributed by atoms with Crippen molar-refractivity contribution < 1.29 is 29.2 Å². The summed E-state index contributed by atoms with van der Waals surface area (Å²) < 4.78 is 22.4. The number of aromatic hydroxyl groups is 2. The number of hydrogen-bond donors (Lipinski definition) is 2. The van der Waals surface area contributed by atoms with E-state index in [4.69, 9.17) is 18.9 Å². The lowest BCUT2D eigenvalue weighted by molar-refractivity contribution is 0.135. The number of rotatable bonds is 0. The summed E-state index contributed by atoms with van der Waals surface area (Å²) >= 11 is 0. The Morgan fingerprint density at radius 1 is 0.909 bits per heavy atom. The first kappa shape index (κ1) is 11.9. The minimum atomic E-state index is -0.257. The van der Waals surface area contributed by atoms with Crippen molar-refractivity contribution in [2.75, 3.05) is 13.4 Å². The Labute approximate surface area is 125 Å². The van der Waals surface area contributed by atoms with Gasteiger partial charge in [-0.3, -0.25) is 0 Å². The molecule has 2 atom stereocenters. The number of phenols is 2. The van der Waals surface area contributed by atoms with Crippen molar-refractivity contribution in [1.29, 1.82) is 0 Å². The third kappa shape index (κ3) is 1.39. The monoisotopic (exact) mass is 300 g/mol. The lowest BCUT2D eigenvalue weighted by atomic mass is 9.89. The third-order valence-electron chi connectivity index (χ3n) is 4.35. The fourth-order valence-electron chi connectivity index (χ4n) is 3.32. The predicted molar refractivity (Wildman–Crippen MR) is 73.9 cm³/mol. The van der Waals surface area contributed by atoms with Gasteiger partial charge in [0.05, 0.1) is 12.5 Å². The average Bonchev–Trinajstić information content (AvgIpc) is 3.12. The van der Waals surface area contributed by atoms with Crippen LogP contribution in [0.15, 0.2) is 24.3 Å². The van der Waals surface area contributed by atoms with Crippen LogP contribution in [0.3, 0.4) is 0 Å². The zero-order valence-corrected chi connectivity index (χ0v) is 11.4. The maximum Gasteiger partial charge on any atom is 0.231 e. The highest BCUT2D eigenvalue weighted by Gasteiger charge is 2.44. The fourth-order valence-corrected chi connectivity index (χ4v) is 3.32. The Morgan fingerprint density at radius 3 is 2.73 bits per heavy atom. The molecule has 5 rings (SSSR count). The summed E-state index contributed by atoms with van der Waals surface area (Å²) in [5.74, 6) is 1.96. The van der Waals surface area contributed by atoms with Crippen LogP contribution in [0.25, 0.3) is 0 Å². The summed E-state index contributed by atoms with van der Waals surface area (Å²) in [7, 11) is 0. The minimum Gasteiger partial charge on any atom is -0.508 e. The van der Waals surface area contributed by atoms with Gasteiger partial charge in [0.2, 0.25) is 18.3 Å². The first-order chi connectivity index (χ1) is 10.7. The van der Waals surface area contributed by atoms with E-state index >= 15 is 0 Å². The van der Waals surface area contributed by atoms with Crippen molar-refractivity contribution in [2.45, 2.75) is 12.0 Å². The second-order valence-electron chi connectivity index (χ2n) is 5.56. The summed E-state index contributed by atoms with van der Waals surface area (Å²) in [5, 5.41) is 19.9. The largest absolute Gasteiger partial charge is 0.508 e. The molecule has 0 aromatic heterocycles. The third-order valence-corrected chi connectivity index (χ3v) is 4.35. The molecule has 112 valence electrons. The van der Waals surface area contributed by atoms with Crippen LogP contribution in [0.2, 0.25) is 0 Å². The zero-order chi connectivity index (χ0) is 14.8. The second-order valence-corrected chi connectivity index (χ2v) is 5.56. The number of benzene rings is 2. The predicted octanol–water partition coefficient (Wildman–Crippen LogP) is 2.44. The maximum absolute atomic E-state index is 10.4. The van der Waals surface area contributed by atoms with Crippen LogP contribution in [-0.4, -0.2) is 23.6 Å². The van der Waals surface area contributed by atoms with E-state index in [1.54, 1.807) is 18.2 Å². The highest BCUT2D eigenvalue weighted by molar-refractivity contribution is 5.66. The van der Waals surface area contributed by atoms with Crippen molar-refractivity contribution in [3.8, 4) is 34.5 Å². The molecule has 3 aliphatic rings. The second kappa shape index (κ2) is 3.91. The zero-order valence-electron chi connectivity index (χ0n) is 11.4. The summed E-state index contributed by atoms with van der Waals surface area (Å²) in [4.78, 5) is 0. The maximum atomic E-state index is 10.4. The molecule has 22 heavy (non-hydrogen) atoms. The Kier molecular flexibility index (Phi) is 2.11. The molecule has 0 saturated heterocycles. The molecule has 3 heterocycles. The van der Waals surface area contributed by atoms with E-state index in [-0.39, 0.29) is 30.3 Å². The molecule has 0 spiro atoms. The quantitative estimate of drug-likeness (QED) is 0.778. The van der Waals surface area contributed by atoms with Crippen LogP contribution in [0.4, 0.5) is 0 Å². The van der Waals surface area contributed by atoms with Gasteiger partial charge in [-0.1, -0.05) is 0 Å². The normalized spacial score (nSPS) is 23.1. The lowest BCUT2D eigenvalue weighted by Gasteiger charge is -2.27. The van der Waals surface area contributed by atoms with E-state index in [1.165, 1.54) is 0 Å². The van der Waals surface area contributed by atoms with E-state index in [2.05, 4.69) is 0 Å². The van der Waals surface area contributed by atoms with Crippen molar-refractivity contribution in [3.63, 3.8) is 0 Å². The smallest absolute Gasteiger partial charge is 0.231 e. The van der Waals surface area contributed by atoms with Crippen molar-refractivity contribution in [1.82, 2.24) is 0 Å². The molecule has 0 unspecified atom stereocenters. The molecule has 2 N–H and O–H groups in total. The van der Waals surface area contributed by atoms with E-state index < -0.39 is 0 Å². The van der Waals surface area contributed by atoms with Gasteiger partial charge in [-0.2, -0.15) is 0 Å². The van der Waals surface area contributed by atoms with Crippen LogP contribution in [0.5, 0.6) is 34.5 Å². The van der Waals surface area contributed by atoms with Gasteiger partial charge >= 0.3 is 0 Å². The van der Waals surface area contributed by atoms with Crippen LogP contribution < -0.4 is 18.9 Å². The van der Waals surface area contributed by atoms with Crippen molar-refractivity contribution in [3.05, 3.63) is 35.4 Å². The number of hydrogen-bond acceptors (Lipinski definition) is 6. The van der Waals surface area contributed by atoms with E-state index in [9.17, 15) is 10.2 Å². The minimum absolute atomic E-state index is 0.0280. The van der Waals surface area contributed by atoms with Gasteiger partial charge in [0.15, 0.2) is 11.5 Å². The first-order valence-electron chi connectivity index (χ1n) is 7.00. The van der Waals surface area contributed by atoms with Crippen LogP contribution in [-0.2, 0) is 0 Å². The Balaban J connectivity index is 1.65. The number of fused-ring (bicyclic) bond motifs is 6. The van der Waals surface area contributed by atoms with Gasteiger partial charge in [0.25, 0.3) is 0 Å². The summed E-state index contributed by atoms with van der Waals surface area (Å²) in [6, 6.07) is 6.80. The molecular weight excluding hydrogens is 288 g/mol. The van der Waals surface area contributed by atoms with Gasteiger partial charge in [-0.25, -0.2) is 0 Å². The molecule has 2 aromatic carbocycles. The molecule has 0 aliphatic carbocycles. The number of phenolic OH excluding ortho intramolecular Hbond substituents is 2. The molecule has 6 nitrogen and oxygen atoms in total. The van der Waals surface area contributed by atoms with Gasteiger partial charge in [0, 0.05) is 17.2 Å². The van der Waals surface area contributed by atoms with E-state index in [1.807, 2.05) is 6.07 Å². The van der Waals surface area contributed by atoms with Crippen LogP contribution in [0.1, 0.15) is 23.1 Å². The fraction of sp³-hybridized carbons (Fsp3) is 0.250. The Hall–Kier alpha value is -2.76. The molecule has 2 aromatic rings. The highest BCUT2D eigenvalue weighted by Crippen LogP contribution is 2.59. The van der Waals surface area contributed by atoms with E-state index in [0.29, 0.717) is 29.6 Å². The van der Waals surface area contributed by atoms with E-state index in [0.717, 1.165) is 11.1 Å². The molecule has 0 saturated carbocycles. The molecular formula is C16H12O6. The van der Waals surface area contributed by atoms with Gasteiger partial charge in [0.1, 0.15) is 17.6 Å². The van der Waals surface area contributed by atoms with Gasteiger partial charge < -0.3 is 29.2 Å². The van der Waals surface area contributed by atoms with Crippen LogP contribution >= 0.6 is 0 Å². The highest BCUT2D eigenvalue weighted by atomic mass is 16.7. The Bertz CT molecular complexity index is 800. The standard InChI is InChI=1S/C16H12O6/c17-7-1-2-8-11(3-7)19-5-10-9-4-12-16(21-6-20-12)13(18)15(9)22-14(8)10/h1-4,10,14,17-18H,5-6H2/t10-,14+/m0/s1. The average molecular weight is 300 g/mol. The van der Waals surface area contributed by atoms with Gasteiger partial charge in [-0.15, -0.1) is 0 Å². The van der Waals surface area contributed by atoms with Crippen molar-refractivity contribution in [2.24, 2.45) is 0 Å². The van der Waals surface area contributed by atoms with Gasteiger partial charge in [-0.05, 0) is 18.2 Å². The molecule has 0 bridgehead atoms. The Morgan fingerprint density at radius 2 is 1.82 bits per heavy atom. The van der Waals surface area contributed by atoms with Crippen molar-refractivity contribution >= 4 is 0 Å². The molecule has 3 aliphatic heterocycles. The topological polar surface area (TPSA) is 77.4 Å². The van der Waals surface area contributed by atoms with Crippen LogP contribution in [0, 0.1) is 0 Å². The number of ether oxygens (including phenoxy) is 4. The molecule has 0 fully saturated rings. The lowest BCUT2D eigenvalue weighted by Crippen LogP contribution is -2.23. The molecule has 0 amide bonds. The summed E-state index contributed by atoms with van der Waals surface area (Å²) in [6.07, 6.45) is -0.257. The molecule has 0 radical (unpaired) electrons.